The van der Waals surface area contributed by atoms with E-state index in [-0.39, 0.29) is 12.8 Å². The Labute approximate surface area is 109 Å². The van der Waals surface area contributed by atoms with Crippen LogP contribution in [-0.2, 0) is 9.59 Å². The number of carbonyl (C=O) groups excluding carboxylic acids is 1. The van der Waals surface area contributed by atoms with E-state index < -0.39 is 34.6 Å². The maximum absolute atomic E-state index is 13.3. The van der Waals surface area contributed by atoms with Gasteiger partial charge in [-0.15, -0.1) is 0 Å². The third-order valence-corrected chi connectivity index (χ3v) is 2.50. The van der Waals surface area contributed by atoms with Crippen molar-refractivity contribution in [2.24, 2.45) is 5.41 Å². The Bertz CT molecular complexity index is 480. The Morgan fingerprint density at radius 1 is 1.21 bits per heavy atom. The SMILES string of the molecule is CC(C)(CC(=O)O)CC(=O)Nc1c(F)cccc1F. The van der Waals surface area contributed by atoms with Crippen LogP contribution >= 0.6 is 0 Å². The lowest BCUT2D eigenvalue weighted by Gasteiger charge is -2.21. The van der Waals surface area contributed by atoms with Crippen molar-refractivity contribution < 1.29 is 23.5 Å². The van der Waals surface area contributed by atoms with Gasteiger partial charge in [0.2, 0.25) is 5.91 Å². The number of nitrogens with one attached hydrogen (secondary N) is 1. The quantitative estimate of drug-likeness (QED) is 0.865. The minimum Gasteiger partial charge on any atom is -0.481 e. The normalized spacial score (nSPS) is 11.2. The summed E-state index contributed by atoms with van der Waals surface area (Å²) in [7, 11) is 0. The fourth-order valence-corrected chi connectivity index (χ4v) is 1.71. The van der Waals surface area contributed by atoms with Gasteiger partial charge in [0.15, 0.2) is 0 Å². The average Bonchev–Trinajstić information content (AvgIpc) is 2.20. The van der Waals surface area contributed by atoms with Crippen LogP contribution in [0.1, 0.15) is 26.7 Å². The number of carboxylic acid groups (broad SMARTS) is 1. The summed E-state index contributed by atoms with van der Waals surface area (Å²) in [6.45, 7) is 3.19. The first kappa shape index (κ1) is 15.1. The molecule has 6 heteroatoms. The summed E-state index contributed by atoms with van der Waals surface area (Å²) in [6.07, 6.45) is -0.354. The third-order valence-electron chi connectivity index (χ3n) is 2.50. The van der Waals surface area contributed by atoms with Crippen molar-refractivity contribution in [1.29, 1.82) is 0 Å². The summed E-state index contributed by atoms with van der Waals surface area (Å²) < 4.78 is 26.6. The molecule has 4 nitrogen and oxygen atoms in total. The predicted octanol–water partition coefficient (Wildman–Crippen LogP) is 2.79. The lowest BCUT2D eigenvalue weighted by Crippen LogP contribution is -2.25. The Hall–Kier alpha value is -1.98. The van der Waals surface area contributed by atoms with Crippen molar-refractivity contribution in [2.45, 2.75) is 26.7 Å². The van der Waals surface area contributed by atoms with E-state index in [4.69, 9.17) is 5.11 Å². The molecule has 1 aromatic carbocycles. The van der Waals surface area contributed by atoms with Gasteiger partial charge < -0.3 is 10.4 Å². The molecule has 0 spiro atoms. The van der Waals surface area contributed by atoms with Crippen LogP contribution in [0, 0.1) is 17.0 Å². The van der Waals surface area contributed by atoms with Gasteiger partial charge in [-0.25, -0.2) is 8.78 Å². The topological polar surface area (TPSA) is 66.4 Å². The fraction of sp³-hybridized carbons (Fsp3) is 0.385. The van der Waals surface area contributed by atoms with Gasteiger partial charge in [-0.3, -0.25) is 9.59 Å². The number of carbonyl (C=O) groups is 2. The van der Waals surface area contributed by atoms with E-state index >= 15 is 0 Å². The van der Waals surface area contributed by atoms with Crippen LogP contribution in [0.15, 0.2) is 18.2 Å². The first-order valence-electron chi connectivity index (χ1n) is 5.67. The number of carboxylic acids is 1. The number of amides is 1. The molecule has 0 saturated heterocycles. The molecule has 19 heavy (non-hydrogen) atoms. The maximum atomic E-state index is 13.3. The number of benzene rings is 1. The predicted molar refractivity (Wildman–Crippen MR) is 65.6 cm³/mol. The summed E-state index contributed by atoms with van der Waals surface area (Å²) in [4.78, 5) is 22.3. The van der Waals surface area contributed by atoms with Gasteiger partial charge in [-0.05, 0) is 17.5 Å². The largest absolute Gasteiger partial charge is 0.481 e. The Balaban J connectivity index is 2.73. The van der Waals surface area contributed by atoms with Crippen LogP contribution in [0.5, 0.6) is 0 Å². The number of para-hydroxylation sites is 1. The Morgan fingerprint density at radius 2 is 1.74 bits per heavy atom. The molecule has 1 rings (SSSR count). The molecule has 2 N–H and O–H groups in total. The molecule has 0 unspecified atom stereocenters. The monoisotopic (exact) mass is 271 g/mol. The highest BCUT2D eigenvalue weighted by atomic mass is 19.1. The first-order valence-corrected chi connectivity index (χ1v) is 5.67. The number of rotatable bonds is 5. The zero-order valence-electron chi connectivity index (χ0n) is 10.7. The van der Waals surface area contributed by atoms with Crippen LogP contribution in [-0.4, -0.2) is 17.0 Å². The van der Waals surface area contributed by atoms with Gasteiger partial charge >= 0.3 is 5.97 Å². The summed E-state index contributed by atoms with van der Waals surface area (Å²) in [6, 6.07) is 3.25. The molecule has 0 aromatic heterocycles. The summed E-state index contributed by atoms with van der Waals surface area (Å²) in [5.41, 5.74) is -1.31. The molecular formula is C13H15F2NO3. The van der Waals surface area contributed by atoms with Gasteiger partial charge in [-0.2, -0.15) is 0 Å². The lowest BCUT2D eigenvalue weighted by atomic mass is 9.85. The van der Waals surface area contributed by atoms with Crippen molar-refractivity contribution in [3.05, 3.63) is 29.8 Å². The summed E-state index contributed by atoms with van der Waals surface area (Å²) >= 11 is 0. The Morgan fingerprint density at radius 3 is 2.21 bits per heavy atom. The molecule has 1 aromatic rings. The molecule has 0 saturated carbocycles. The van der Waals surface area contributed by atoms with E-state index in [0.717, 1.165) is 12.1 Å². The van der Waals surface area contributed by atoms with Crippen LogP contribution in [0.25, 0.3) is 0 Å². The van der Waals surface area contributed by atoms with Gasteiger partial charge in [0.05, 0.1) is 6.42 Å². The summed E-state index contributed by atoms with van der Waals surface area (Å²) in [5.74, 6) is -3.40. The second kappa shape index (κ2) is 5.77. The number of hydrogen-bond acceptors (Lipinski definition) is 2. The van der Waals surface area contributed by atoms with E-state index in [1.54, 1.807) is 13.8 Å². The van der Waals surface area contributed by atoms with Crippen molar-refractivity contribution >= 4 is 17.6 Å². The average molecular weight is 271 g/mol. The zero-order valence-corrected chi connectivity index (χ0v) is 10.7. The Kier molecular flexibility index (Phi) is 4.58. The van der Waals surface area contributed by atoms with Gasteiger partial charge in [0.25, 0.3) is 0 Å². The second-order valence-corrected chi connectivity index (χ2v) is 5.06. The van der Waals surface area contributed by atoms with Gasteiger partial charge in [0, 0.05) is 6.42 Å². The highest BCUT2D eigenvalue weighted by molar-refractivity contribution is 5.91. The van der Waals surface area contributed by atoms with Crippen molar-refractivity contribution in [3.8, 4) is 0 Å². The zero-order chi connectivity index (χ0) is 14.6. The maximum Gasteiger partial charge on any atom is 0.303 e. The number of aliphatic carboxylic acids is 1. The van der Waals surface area contributed by atoms with Gasteiger partial charge in [0.1, 0.15) is 17.3 Å². The smallest absolute Gasteiger partial charge is 0.303 e. The number of halogens is 2. The van der Waals surface area contributed by atoms with E-state index in [1.807, 2.05) is 0 Å². The number of anilines is 1. The molecule has 0 aliphatic rings. The van der Waals surface area contributed by atoms with Crippen molar-refractivity contribution in [1.82, 2.24) is 0 Å². The highest BCUT2D eigenvalue weighted by Crippen LogP contribution is 2.26. The minimum atomic E-state index is -1.03. The van der Waals surface area contributed by atoms with Crippen LogP contribution in [0.3, 0.4) is 0 Å². The third kappa shape index (κ3) is 4.65. The molecule has 0 fully saturated rings. The number of hydrogen-bond donors (Lipinski definition) is 2. The molecule has 0 aliphatic carbocycles. The fourth-order valence-electron chi connectivity index (χ4n) is 1.71. The minimum absolute atomic E-state index is 0.146. The van der Waals surface area contributed by atoms with Crippen LogP contribution in [0.2, 0.25) is 0 Å². The van der Waals surface area contributed by atoms with E-state index in [0.29, 0.717) is 0 Å². The van der Waals surface area contributed by atoms with E-state index in [2.05, 4.69) is 5.32 Å². The van der Waals surface area contributed by atoms with Crippen LogP contribution in [0.4, 0.5) is 14.5 Å². The molecular weight excluding hydrogens is 256 g/mol. The lowest BCUT2D eigenvalue weighted by molar-refractivity contribution is -0.139. The molecule has 0 atom stereocenters. The second-order valence-electron chi connectivity index (χ2n) is 5.06. The summed E-state index contributed by atoms with van der Waals surface area (Å²) in [5, 5.41) is 10.8. The standard InChI is InChI=1S/C13H15F2NO3/c1-13(2,7-11(18)19)6-10(17)16-12-8(14)4-3-5-9(12)15/h3-5H,6-7H2,1-2H3,(H,16,17)(H,18,19). The van der Waals surface area contributed by atoms with Crippen molar-refractivity contribution in [3.63, 3.8) is 0 Å². The van der Waals surface area contributed by atoms with Crippen LogP contribution < -0.4 is 5.32 Å². The van der Waals surface area contributed by atoms with E-state index in [9.17, 15) is 18.4 Å². The molecule has 0 bridgehead atoms. The van der Waals surface area contributed by atoms with Gasteiger partial charge in [-0.1, -0.05) is 19.9 Å². The van der Waals surface area contributed by atoms with E-state index in [1.165, 1.54) is 6.07 Å². The first-order chi connectivity index (χ1) is 8.71. The molecule has 1 amide bonds. The molecule has 0 heterocycles. The highest BCUT2D eigenvalue weighted by Gasteiger charge is 2.26. The van der Waals surface area contributed by atoms with Crippen molar-refractivity contribution in [2.75, 3.05) is 5.32 Å². The molecule has 0 radical (unpaired) electrons. The molecule has 104 valence electrons. The molecule has 0 aliphatic heterocycles.